The van der Waals surface area contributed by atoms with Crippen LogP contribution in [0.5, 0.6) is 0 Å². The molecule has 0 saturated carbocycles. The first-order valence-corrected chi connectivity index (χ1v) is 8.50. The van der Waals surface area contributed by atoms with Crippen LogP contribution in [-0.4, -0.2) is 44.1 Å². The maximum Gasteiger partial charge on any atom is 0.0986 e. The molecule has 1 unspecified atom stereocenters. The van der Waals surface area contributed by atoms with Crippen molar-refractivity contribution < 1.29 is 0 Å². The average Bonchev–Trinajstić information content (AvgIpc) is 2.60. The summed E-state index contributed by atoms with van der Waals surface area (Å²) >= 11 is 0. The zero-order chi connectivity index (χ0) is 17.1. The topological polar surface area (TPSA) is 42.9 Å². The van der Waals surface area contributed by atoms with Gasteiger partial charge in [-0.2, -0.15) is 0 Å². The van der Waals surface area contributed by atoms with Gasteiger partial charge in [-0.05, 0) is 50.6 Å². The number of nitrogens with one attached hydrogen (secondary N) is 2. The Morgan fingerprint density at radius 1 is 1.25 bits per heavy atom. The van der Waals surface area contributed by atoms with Crippen LogP contribution in [0.25, 0.3) is 0 Å². The quantitative estimate of drug-likeness (QED) is 0.893. The second-order valence-electron chi connectivity index (χ2n) is 6.47. The van der Waals surface area contributed by atoms with Crippen molar-refractivity contribution in [3.05, 3.63) is 53.4 Å². The number of hydrogen-bond donors (Lipinski definition) is 2. The van der Waals surface area contributed by atoms with E-state index in [2.05, 4.69) is 69.9 Å². The van der Waals surface area contributed by atoms with E-state index in [-0.39, 0.29) is 0 Å². The van der Waals surface area contributed by atoms with Gasteiger partial charge in [0.25, 0.3) is 0 Å². The van der Waals surface area contributed by atoms with Crippen LogP contribution in [0.2, 0.25) is 0 Å². The summed E-state index contributed by atoms with van der Waals surface area (Å²) in [5.74, 6) is 0.986. The number of likely N-dealkylation sites (N-methyl/N-ethyl adjacent to an activating group) is 2. The van der Waals surface area contributed by atoms with Gasteiger partial charge in [-0.1, -0.05) is 18.2 Å². The molecule has 0 spiro atoms. The van der Waals surface area contributed by atoms with Crippen LogP contribution >= 0.6 is 0 Å². The lowest BCUT2D eigenvalue weighted by Gasteiger charge is -2.46. The van der Waals surface area contributed by atoms with Crippen molar-refractivity contribution in [3.8, 4) is 0 Å². The van der Waals surface area contributed by atoms with Gasteiger partial charge in [0.2, 0.25) is 0 Å². The third kappa shape index (κ3) is 3.23. The van der Waals surface area contributed by atoms with Crippen molar-refractivity contribution in [1.29, 1.82) is 0 Å². The Hall–Kier alpha value is -2.11. The van der Waals surface area contributed by atoms with Gasteiger partial charge in [0, 0.05) is 32.0 Å². The fourth-order valence-corrected chi connectivity index (χ4v) is 3.43. The van der Waals surface area contributed by atoms with Crippen LogP contribution in [-0.2, 0) is 0 Å². The van der Waals surface area contributed by atoms with Gasteiger partial charge in [0.15, 0.2) is 0 Å². The summed E-state index contributed by atoms with van der Waals surface area (Å²) in [7, 11) is 4.17. The number of nitrogens with zero attached hydrogens (tertiary/aromatic N) is 3. The number of hydrazine groups is 1. The van der Waals surface area contributed by atoms with Crippen molar-refractivity contribution in [2.24, 2.45) is 4.99 Å². The van der Waals surface area contributed by atoms with E-state index in [1.54, 1.807) is 0 Å². The highest BCUT2D eigenvalue weighted by Crippen LogP contribution is 2.33. The van der Waals surface area contributed by atoms with E-state index >= 15 is 0 Å². The summed E-state index contributed by atoms with van der Waals surface area (Å²) in [5.41, 5.74) is 5.26. The van der Waals surface area contributed by atoms with Crippen LogP contribution in [0.15, 0.2) is 58.4 Å². The van der Waals surface area contributed by atoms with E-state index in [0.29, 0.717) is 6.04 Å². The molecule has 3 rings (SSSR count). The van der Waals surface area contributed by atoms with E-state index in [0.717, 1.165) is 25.3 Å². The molecular weight excluding hydrogens is 298 g/mol. The maximum absolute atomic E-state index is 4.47. The number of aliphatic imine (C=N–C) groups is 1. The standard InChI is InChI=1S/C19H27N5/c1-14-10-18(16-11-21-15(2)22-12-16)23(4)24(19(14)13-20-3)17-8-6-5-7-9-17/h5-9,11,18,20H,10,12-13H2,1-4H3,(H,21,22). The molecule has 2 heterocycles. The zero-order valence-corrected chi connectivity index (χ0v) is 15.0. The lowest BCUT2D eigenvalue weighted by molar-refractivity contribution is 0.240. The van der Waals surface area contributed by atoms with Gasteiger partial charge in [-0.15, -0.1) is 0 Å². The summed E-state index contributed by atoms with van der Waals surface area (Å²) in [6, 6.07) is 10.9. The fourth-order valence-electron chi connectivity index (χ4n) is 3.43. The highest BCUT2D eigenvalue weighted by atomic mass is 15.6. The van der Waals surface area contributed by atoms with Crippen LogP contribution in [0, 0.1) is 0 Å². The first kappa shape index (κ1) is 16.7. The molecule has 24 heavy (non-hydrogen) atoms. The maximum atomic E-state index is 4.47. The van der Waals surface area contributed by atoms with Crippen molar-refractivity contribution in [2.45, 2.75) is 26.3 Å². The SMILES string of the molecule is CNCC1=C(C)CC(C2=CN=C(C)NC2)N(C)N1c1ccccc1. The Balaban J connectivity index is 1.99. The van der Waals surface area contributed by atoms with E-state index in [1.807, 2.05) is 20.2 Å². The van der Waals surface area contributed by atoms with Crippen LogP contribution in [0.4, 0.5) is 5.69 Å². The molecule has 2 aliphatic rings. The van der Waals surface area contributed by atoms with Crippen molar-refractivity contribution in [2.75, 3.05) is 32.2 Å². The second kappa shape index (κ2) is 7.20. The molecule has 0 bridgehead atoms. The molecule has 0 aromatic heterocycles. The largest absolute Gasteiger partial charge is 0.370 e. The molecule has 1 aromatic rings. The van der Waals surface area contributed by atoms with Crippen LogP contribution in [0.3, 0.4) is 0 Å². The number of hydrogen-bond acceptors (Lipinski definition) is 5. The van der Waals surface area contributed by atoms with Crippen molar-refractivity contribution in [1.82, 2.24) is 15.6 Å². The van der Waals surface area contributed by atoms with E-state index < -0.39 is 0 Å². The minimum Gasteiger partial charge on any atom is -0.370 e. The van der Waals surface area contributed by atoms with E-state index in [9.17, 15) is 0 Å². The van der Waals surface area contributed by atoms with Gasteiger partial charge in [-0.25, -0.2) is 10.0 Å². The summed E-state index contributed by atoms with van der Waals surface area (Å²) in [5, 5.41) is 11.4. The van der Waals surface area contributed by atoms with Gasteiger partial charge in [-0.3, -0.25) is 5.01 Å². The predicted octanol–water partition coefficient (Wildman–Crippen LogP) is 2.51. The van der Waals surface area contributed by atoms with Gasteiger partial charge >= 0.3 is 0 Å². The monoisotopic (exact) mass is 325 g/mol. The molecule has 2 N–H and O–H groups in total. The molecule has 0 saturated heterocycles. The summed E-state index contributed by atoms with van der Waals surface area (Å²) in [6.45, 7) is 5.96. The second-order valence-corrected chi connectivity index (χ2v) is 6.47. The third-order valence-corrected chi connectivity index (χ3v) is 4.76. The Bertz CT molecular complexity index is 674. The predicted molar refractivity (Wildman–Crippen MR) is 101 cm³/mol. The molecule has 1 aromatic carbocycles. The number of amidine groups is 1. The minimum absolute atomic E-state index is 0.315. The van der Waals surface area contributed by atoms with Gasteiger partial charge < -0.3 is 10.6 Å². The fraction of sp³-hybridized carbons (Fsp3) is 0.421. The summed E-state index contributed by atoms with van der Waals surface area (Å²) in [4.78, 5) is 4.47. The first-order valence-electron chi connectivity index (χ1n) is 8.50. The summed E-state index contributed by atoms with van der Waals surface area (Å²) < 4.78 is 0. The Morgan fingerprint density at radius 2 is 2.00 bits per heavy atom. The Morgan fingerprint density at radius 3 is 2.62 bits per heavy atom. The van der Waals surface area contributed by atoms with E-state index in [4.69, 9.17) is 0 Å². The highest BCUT2D eigenvalue weighted by Gasteiger charge is 2.33. The average molecular weight is 325 g/mol. The molecule has 2 aliphatic heterocycles. The molecular formula is C19H27N5. The zero-order valence-electron chi connectivity index (χ0n) is 15.0. The van der Waals surface area contributed by atoms with Crippen molar-refractivity contribution in [3.63, 3.8) is 0 Å². The number of anilines is 1. The lowest BCUT2D eigenvalue weighted by Crippen LogP contribution is -2.53. The van der Waals surface area contributed by atoms with Crippen molar-refractivity contribution >= 4 is 11.5 Å². The van der Waals surface area contributed by atoms with Crippen LogP contribution in [0.1, 0.15) is 20.3 Å². The first-order chi connectivity index (χ1) is 11.6. The molecule has 1 atom stereocenters. The Kier molecular flexibility index (Phi) is 5.02. The lowest BCUT2D eigenvalue weighted by atomic mass is 9.95. The molecule has 5 nitrogen and oxygen atoms in total. The number of para-hydroxylation sites is 1. The highest BCUT2D eigenvalue weighted by molar-refractivity contribution is 5.81. The van der Waals surface area contributed by atoms with Crippen LogP contribution < -0.4 is 15.6 Å². The van der Waals surface area contributed by atoms with Gasteiger partial charge in [0.05, 0.1) is 17.6 Å². The molecule has 0 radical (unpaired) electrons. The summed E-state index contributed by atoms with van der Waals surface area (Å²) in [6.07, 6.45) is 3.06. The molecule has 0 amide bonds. The molecule has 0 aliphatic carbocycles. The molecule has 0 fully saturated rings. The third-order valence-electron chi connectivity index (χ3n) is 4.76. The van der Waals surface area contributed by atoms with E-state index in [1.165, 1.54) is 22.5 Å². The molecule has 5 heteroatoms. The number of rotatable bonds is 4. The molecule has 128 valence electrons. The van der Waals surface area contributed by atoms with Gasteiger partial charge in [0.1, 0.15) is 0 Å². The number of benzene rings is 1. The minimum atomic E-state index is 0.315. The Labute approximate surface area is 144 Å². The normalized spacial score (nSPS) is 22.2. The smallest absolute Gasteiger partial charge is 0.0986 e.